The molecule has 1 aromatic heterocycles. The molecule has 1 amide bonds. The molecule has 1 rings (SSSR count). The Hall–Kier alpha value is -1.40. The lowest BCUT2D eigenvalue weighted by Gasteiger charge is -2.18. The van der Waals surface area contributed by atoms with Crippen LogP contribution in [0.2, 0.25) is 0 Å². The summed E-state index contributed by atoms with van der Waals surface area (Å²) in [6.07, 6.45) is 0.387. The number of carboxylic acid groups (broad SMARTS) is 1. The Balaban J connectivity index is 2.64. The van der Waals surface area contributed by atoms with E-state index >= 15 is 0 Å². The van der Waals surface area contributed by atoms with Gasteiger partial charge in [-0.05, 0) is 23.8 Å². The molecule has 0 spiro atoms. The number of thiophene rings is 1. The molecule has 1 heterocycles. The zero-order valence-corrected chi connectivity index (χ0v) is 11.2. The number of hydrogen-bond donors (Lipinski definition) is 3. The monoisotopic (exact) mass is 270 g/mol. The van der Waals surface area contributed by atoms with Crippen LogP contribution in [0.3, 0.4) is 0 Å². The van der Waals surface area contributed by atoms with Crippen LogP contribution in [0.15, 0.2) is 17.5 Å². The van der Waals surface area contributed by atoms with Gasteiger partial charge in [-0.2, -0.15) is 0 Å². The van der Waals surface area contributed by atoms with E-state index in [4.69, 9.17) is 10.8 Å². The number of nitrogens with one attached hydrogen (secondary N) is 1. The quantitative estimate of drug-likeness (QED) is 0.727. The van der Waals surface area contributed by atoms with Crippen molar-refractivity contribution in [3.63, 3.8) is 0 Å². The van der Waals surface area contributed by atoms with Gasteiger partial charge in [0.05, 0.1) is 0 Å². The van der Waals surface area contributed by atoms with Gasteiger partial charge < -0.3 is 16.2 Å². The predicted molar refractivity (Wildman–Crippen MR) is 70.3 cm³/mol. The molecule has 0 saturated heterocycles. The summed E-state index contributed by atoms with van der Waals surface area (Å²) in [6, 6.07) is 1.87. The molecular formula is C12H18N2O3S. The molecule has 1 aromatic rings. The van der Waals surface area contributed by atoms with E-state index in [0.29, 0.717) is 6.42 Å². The van der Waals surface area contributed by atoms with E-state index < -0.39 is 24.0 Å². The van der Waals surface area contributed by atoms with Crippen molar-refractivity contribution < 1.29 is 14.7 Å². The van der Waals surface area contributed by atoms with Crippen LogP contribution < -0.4 is 11.1 Å². The zero-order chi connectivity index (χ0) is 13.7. The Morgan fingerprint density at radius 1 is 1.50 bits per heavy atom. The molecule has 0 aliphatic carbocycles. The molecule has 2 atom stereocenters. The summed E-state index contributed by atoms with van der Waals surface area (Å²) in [5, 5.41) is 13.3. The van der Waals surface area contributed by atoms with Crippen molar-refractivity contribution in [3.05, 3.63) is 22.4 Å². The highest BCUT2D eigenvalue weighted by molar-refractivity contribution is 7.10. The van der Waals surface area contributed by atoms with Crippen molar-refractivity contribution >= 4 is 23.2 Å². The summed E-state index contributed by atoms with van der Waals surface area (Å²) in [5.74, 6) is -1.30. The number of hydrogen-bond acceptors (Lipinski definition) is 4. The van der Waals surface area contributed by atoms with Crippen LogP contribution in [0.25, 0.3) is 0 Å². The van der Waals surface area contributed by atoms with Gasteiger partial charge >= 0.3 is 5.97 Å². The van der Waals surface area contributed by atoms with Crippen LogP contribution in [0.5, 0.6) is 0 Å². The molecule has 0 aliphatic heterocycles. The van der Waals surface area contributed by atoms with Gasteiger partial charge in [-0.3, -0.25) is 4.79 Å². The topological polar surface area (TPSA) is 92.4 Å². The largest absolute Gasteiger partial charge is 0.480 e. The molecule has 0 fully saturated rings. The summed E-state index contributed by atoms with van der Waals surface area (Å²) in [6.45, 7) is 3.81. The van der Waals surface area contributed by atoms with Gasteiger partial charge in [-0.1, -0.05) is 19.9 Å². The van der Waals surface area contributed by atoms with Crippen molar-refractivity contribution in [2.45, 2.75) is 32.4 Å². The Kier molecular flexibility index (Phi) is 5.30. The average Bonchev–Trinajstić information content (AvgIpc) is 2.79. The van der Waals surface area contributed by atoms with Gasteiger partial charge in [0, 0.05) is 4.88 Å². The van der Waals surface area contributed by atoms with E-state index in [1.54, 1.807) is 12.1 Å². The Morgan fingerprint density at radius 3 is 2.61 bits per heavy atom. The van der Waals surface area contributed by atoms with Crippen molar-refractivity contribution in [2.24, 2.45) is 11.7 Å². The van der Waals surface area contributed by atoms with E-state index in [1.165, 1.54) is 11.3 Å². The summed E-state index contributed by atoms with van der Waals surface area (Å²) < 4.78 is 0. The SMILES string of the molecule is CC(C)C[C@@H](NC(=O)C(N)c1cccs1)C(=O)O. The summed E-state index contributed by atoms with van der Waals surface area (Å²) in [4.78, 5) is 23.6. The minimum Gasteiger partial charge on any atom is -0.480 e. The first-order valence-electron chi connectivity index (χ1n) is 5.74. The van der Waals surface area contributed by atoms with Gasteiger partial charge in [0.2, 0.25) is 5.91 Å². The molecule has 0 radical (unpaired) electrons. The Bertz CT molecular complexity index is 403. The standard InChI is InChI=1S/C12H18N2O3S/c1-7(2)6-8(12(16)17)14-11(15)10(13)9-4-3-5-18-9/h3-5,7-8,10H,6,13H2,1-2H3,(H,14,15)(H,16,17)/t8-,10?/m1/s1. The second-order valence-electron chi connectivity index (χ2n) is 4.52. The van der Waals surface area contributed by atoms with Gasteiger partial charge in [-0.25, -0.2) is 4.79 Å². The number of carbonyl (C=O) groups excluding carboxylic acids is 1. The van der Waals surface area contributed by atoms with E-state index in [2.05, 4.69) is 5.32 Å². The molecule has 5 nitrogen and oxygen atoms in total. The first-order chi connectivity index (χ1) is 8.41. The van der Waals surface area contributed by atoms with Crippen LogP contribution in [0.4, 0.5) is 0 Å². The third-order valence-electron chi connectivity index (χ3n) is 2.45. The molecular weight excluding hydrogens is 252 g/mol. The summed E-state index contributed by atoms with van der Waals surface area (Å²) in [7, 11) is 0. The van der Waals surface area contributed by atoms with E-state index in [0.717, 1.165) is 4.88 Å². The van der Waals surface area contributed by atoms with Gasteiger partial charge in [0.1, 0.15) is 12.1 Å². The molecule has 0 aromatic carbocycles. The third-order valence-corrected chi connectivity index (χ3v) is 3.41. The van der Waals surface area contributed by atoms with Crippen LogP contribution in [-0.4, -0.2) is 23.0 Å². The highest BCUT2D eigenvalue weighted by Crippen LogP contribution is 2.17. The van der Waals surface area contributed by atoms with Crippen molar-refractivity contribution in [2.75, 3.05) is 0 Å². The van der Waals surface area contributed by atoms with Gasteiger partial charge in [-0.15, -0.1) is 11.3 Å². The van der Waals surface area contributed by atoms with E-state index in [-0.39, 0.29) is 5.92 Å². The Morgan fingerprint density at radius 2 is 2.17 bits per heavy atom. The molecule has 100 valence electrons. The lowest BCUT2D eigenvalue weighted by Crippen LogP contribution is -2.45. The minimum atomic E-state index is -1.03. The number of aliphatic carboxylic acids is 1. The van der Waals surface area contributed by atoms with Crippen LogP contribution in [-0.2, 0) is 9.59 Å². The fraction of sp³-hybridized carbons (Fsp3) is 0.500. The van der Waals surface area contributed by atoms with Crippen molar-refractivity contribution in [3.8, 4) is 0 Å². The van der Waals surface area contributed by atoms with Crippen molar-refractivity contribution in [1.82, 2.24) is 5.32 Å². The van der Waals surface area contributed by atoms with Crippen molar-refractivity contribution in [1.29, 1.82) is 0 Å². The smallest absolute Gasteiger partial charge is 0.326 e. The summed E-state index contributed by atoms with van der Waals surface area (Å²) >= 11 is 1.38. The fourth-order valence-corrected chi connectivity index (χ4v) is 2.28. The first kappa shape index (κ1) is 14.7. The summed E-state index contributed by atoms with van der Waals surface area (Å²) in [5.41, 5.74) is 5.77. The molecule has 0 saturated carbocycles. The van der Waals surface area contributed by atoms with E-state index in [1.807, 2.05) is 19.2 Å². The highest BCUT2D eigenvalue weighted by Gasteiger charge is 2.25. The van der Waals surface area contributed by atoms with Gasteiger partial charge in [0.25, 0.3) is 0 Å². The van der Waals surface area contributed by atoms with Crippen LogP contribution in [0, 0.1) is 5.92 Å². The third kappa shape index (κ3) is 4.12. The molecule has 1 unspecified atom stereocenters. The maximum atomic E-state index is 11.8. The second kappa shape index (κ2) is 6.51. The molecule has 0 aliphatic rings. The highest BCUT2D eigenvalue weighted by atomic mass is 32.1. The molecule has 6 heteroatoms. The number of amides is 1. The number of carboxylic acids is 1. The zero-order valence-electron chi connectivity index (χ0n) is 10.4. The fourth-order valence-electron chi connectivity index (χ4n) is 1.55. The normalized spacial score (nSPS) is 14.2. The second-order valence-corrected chi connectivity index (χ2v) is 5.50. The lowest BCUT2D eigenvalue weighted by atomic mass is 10.0. The minimum absolute atomic E-state index is 0.185. The predicted octanol–water partition coefficient (Wildman–Crippen LogP) is 1.36. The number of rotatable bonds is 6. The van der Waals surface area contributed by atoms with Crippen LogP contribution >= 0.6 is 11.3 Å². The van der Waals surface area contributed by atoms with E-state index in [9.17, 15) is 9.59 Å². The number of nitrogens with two attached hydrogens (primary N) is 1. The maximum Gasteiger partial charge on any atom is 0.326 e. The van der Waals surface area contributed by atoms with Gasteiger partial charge in [0.15, 0.2) is 0 Å². The molecule has 0 bridgehead atoms. The average molecular weight is 270 g/mol. The molecule has 18 heavy (non-hydrogen) atoms. The first-order valence-corrected chi connectivity index (χ1v) is 6.62. The van der Waals surface area contributed by atoms with Crippen LogP contribution in [0.1, 0.15) is 31.2 Å². The number of carbonyl (C=O) groups is 2. The lowest BCUT2D eigenvalue weighted by molar-refractivity contribution is -0.142. The Labute approximate surface area is 110 Å². The maximum absolute atomic E-state index is 11.8. The molecule has 4 N–H and O–H groups in total.